The summed E-state index contributed by atoms with van der Waals surface area (Å²) in [4.78, 5) is 13.0. The van der Waals surface area contributed by atoms with E-state index in [-0.39, 0.29) is 5.97 Å². The summed E-state index contributed by atoms with van der Waals surface area (Å²) in [6.07, 6.45) is 0. The highest BCUT2D eigenvalue weighted by atomic mass is 32.1. The molecule has 0 saturated heterocycles. The Hall–Kier alpha value is -0.613. The molecular formula is C14H24O2SSi. The van der Waals surface area contributed by atoms with Gasteiger partial charge in [0.2, 0.25) is 0 Å². The Morgan fingerprint density at radius 1 is 1.11 bits per heavy atom. The quantitative estimate of drug-likeness (QED) is 0.705. The fourth-order valence-corrected chi connectivity index (χ4v) is 8.77. The third-order valence-electron chi connectivity index (χ3n) is 3.70. The number of carbonyl (C=O) groups excluding carboxylic acids is 1. The van der Waals surface area contributed by atoms with Crippen molar-refractivity contribution in [1.29, 1.82) is 0 Å². The molecule has 2 nitrogen and oxygen atoms in total. The second kappa shape index (κ2) is 6.02. The van der Waals surface area contributed by atoms with Gasteiger partial charge in [0, 0.05) is 0 Å². The van der Waals surface area contributed by atoms with Gasteiger partial charge in [-0.15, -0.1) is 11.3 Å². The lowest BCUT2D eigenvalue weighted by Gasteiger charge is -2.41. The number of hydrogen-bond acceptors (Lipinski definition) is 3. The van der Waals surface area contributed by atoms with Crippen LogP contribution in [-0.2, 0) is 4.43 Å². The zero-order valence-electron chi connectivity index (χ0n) is 12.2. The first-order valence-electron chi connectivity index (χ1n) is 6.59. The van der Waals surface area contributed by atoms with E-state index in [0.717, 1.165) is 0 Å². The molecule has 18 heavy (non-hydrogen) atoms. The minimum absolute atomic E-state index is 0.132. The Labute approximate surface area is 116 Å². The molecule has 0 fully saturated rings. The highest BCUT2D eigenvalue weighted by Crippen LogP contribution is 2.42. The second-order valence-electron chi connectivity index (χ2n) is 5.68. The van der Waals surface area contributed by atoms with E-state index < -0.39 is 8.32 Å². The van der Waals surface area contributed by atoms with Crippen molar-refractivity contribution in [3.63, 3.8) is 0 Å². The van der Waals surface area contributed by atoms with Gasteiger partial charge in [0.05, 0.1) is 0 Å². The third-order valence-corrected chi connectivity index (χ3v) is 10.5. The Morgan fingerprint density at radius 2 is 1.61 bits per heavy atom. The molecule has 0 radical (unpaired) electrons. The van der Waals surface area contributed by atoms with Crippen LogP contribution in [0.4, 0.5) is 0 Å². The van der Waals surface area contributed by atoms with E-state index in [1.807, 2.05) is 17.5 Å². The van der Waals surface area contributed by atoms with Crippen LogP contribution >= 0.6 is 11.3 Å². The molecule has 0 amide bonds. The van der Waals surface area contributed by atoms with Gasteiger partial charge < -0.3 is 4.43 Å². The average molecular weight is 284 g/mol. The summed E-state index contributed by atoms with van der Waals surface area (Å²) in [6.45, 7) is 13.1. The molecule has 1 rings (SSSR count). The van der Waals surface area contributed by atoms with E-state index in [9.17, 15) is 4.79 Å². The highest BCUT2D eigenvalue weighted by Gasteiger charge is 2.48. The predicted octanol–water partition coefficient (Wildman–Crippen LogP) is 5.08. The van der Waals surface area contributed by atoms with Gasteiger partial charge in [-0.05, 0) is 28.1 Å². The monoisotopic (exact) mass is 284 g/mol. The van der Waals surface area contributed by atoms with Gasteiger partial charge in [0.1, 0.15) is 4.88 Å². The molecule has 1 aromatic rings. The molecule has 0 unspecified atom stereocenters. The topological polar surface area (TPSA) is 26.3 Å². The SMILES string of the molecule is CC(C)[Si](OC(=O)c1cccs1)(C(C)C)C(C)C. The maximum atomic E-state index is 12.3. The van der Waals surface area contributed by atoms with Crippen LogP contribution in [0.2, 0.25) is 16.6 Å². The van der Waals surface area contributed by atoms with Gasteiger partial charge in [-0.1, -0.05) is 47.6 Å². The molecule has 4 heteroatoms. The molecule has 0 aliphatic heterocycles. The zero-order valence-corrected chi connectivity index (χ0v) is 14.0. The molecule has 102 valence electrons. The average Bonchev–Trinajstić information content (AvgIpc) is 2.77. The van der Waals surface area contributed by atoms with Crippen molar-refractivity contribution in [2.45, 2.75) is 58.2 Å². The smallest absolute Gasteiger partial charge is 0.335 e. The molecule has 0 saturated carbocycles. The second-order valence-corrected chi connectivity index (χ2v) is 12.0. The Balaban J connectivity index is 3.02. The van der Waals surface area contributed by atoms with E-state index in [1.165, 1.54) is 11.3 Å². The van der Waals surface area contributed by atoms with Gasteiger partial charge in [-0.25, -0.2) is 4.79 Å². The summed E-state index contributed by atoms with van der Waals surface area (Å²) >= 11 is 1.45. The van der Waals surface area contributed by atoms with E-state index in [1.54, 1.807) is 0 Å². The van der Waals surface area contributed by atoms with Crippen LogP contribution in [0.1, 0.15) is 51.2 Å². The van der Waals surface area contributed by atoms with E-state index in [2.05, 4.69) is 41.5 Å². The van der Waals surface area contributed by atoms with Crippen LogP contribution in [0.25, 0.3) is 0 Å². The summed E-state index contributed by atoms with van der Waals surface area (Å²) in [6, 6.07) is 3.73. The minimum Gasteiger partial charge on any atom is -0.514 e. The summed E-state index contributed by atoms with van der Waals surface area (Å²) in [5, 5.41) is 1.92. The number of thiophene rings is 1. The maximum absolute atomic E-state index is 12.3. The number of carbonyl (C=O) groups is 1. The lowest BCUT2D eigenvalue weighted by molar-refractivity contribution is 0.0710. The standard InChI is InChI=1S/C14H24O2SSi/c1-10(2)18(11(3)4,12(5)6)16-14(15)13-8-7-9-17-13/h7-12H,1-6H3. The molecule has 0 spiro atoms. The van der Waals surface area contributed by atoms with E-state index >= 15 is 0 Å². The van der Waals surface area contributed by atoms with Crippen molar-refractivity contribution in [3.05, 3.63) is 22.4 Å². The van der Waals surface area contributed by atoms with Gasteiger partial charge in [-0.2, -0.15) is 0 Å². The van der Waals surface area contributed by atoms with Crippen molar-refractivity contribution < 1.29 is 9.22 Å². The lowest BCUT2D eigenvalue weighted by atomic mass is 10.5. The lowest BCUT2D eigenvalue weighted by Crippen LogP contribution is -2.49. The molecule has 0 N–H and O–H groups in total. The van der Waals surface area contributed by atoms with E-state index in [4.69, 9.17) is 4.43 Å². The van der Waals surface area contributed by atoms with E-state index in [0.29, 0.717) is 21.5 Å². The Bertz CT molecular complexity index is 361. The summed E-state index contributed by atoms with van der Waals surface area (Å²) in [7, 11) is -2.09. The summed E-state index contributed by atoms with van der Waals surface area (Å²) in [5.41, 5.74) is 1.30. The van der Waals surface area contributed by atoms with Gasteiger partial charge in [-0.3, -0.25) is 0 Å². The first kappa shape index (κ1) is 15.4. The van der Waals surface area contributed by atoms with Gasteiger partial charge in [0.15, 0.2) is 0 Å². The molecule has 0 bridgehead atoms. The normalized spacial score (nSPS) is 12.5. The first-order chi connectivity index (χ1) is 8.32. The molecule has 0 aromatic carbocycles. The molecule has 0 atom stereocenters. The summed E-state index contributed by atoms with van der Waals surface area (Å²) < 4.78 is 6.08. The van der Waals surface area contributed by atoms with Crippen LogP contribution in [0, 0.1) is 0 Å². The molecule has 0 aliphatic carbocycles. The van der Waals surface area contributed by atoms with Crippen molar-refractivity contribution in [1.82, 2.24) is 0 Å². The molecule has 1 aromatic heterocycles. The van der Waals surface area contributed by atoms with Crippen LogP contribution in [-0.4, -0.2) is 14.3 Å². The first-order valence-corrected chi connectivity index (χ1v) is 9.61. The largest absolute Gasteiger partial charge is 0.514 e. The third kappa shape index (κ3) is 2.86. The van der Waals surface area contributed by atoms with Crippen molar-refractivity contribution in [2.75, 3.05) is 0 Å². The Morgan fingerprint density at radius 3 is 1.94 bits per heavy atom. The number of hydrogen-bond donors (Lipinski definition) is 0. The summed E-state index contributed by atoms with van der Waals surface area (Å²) in [5.74, 6) is -0.132. The van der Waals surface area contributed by atoms with Crippen LogP contribution in [0.3, 0.4) is 0 Å². The molecular weight excluding hydrogens is 260 g/mol. The Kier molecular flexibility index (Phi) is 5.17. The van der Waals surface area contributed by atoms with Crippen LogP contribution < -0.4 is 0 Å². The zero-order chi connectivity index (χ0) is 13.9. The van der Waals surface area contributed by atoms with Crippen LogP contribution in [0.5, 0.6) is 0 Å². The fourth-order valence-electron chi connectivity index (χ4n) is 2.96. The van der Waals surface area contributed by atoms with Crippen molar-refractivity contribution >= 4 is 25.6 Å². The van der Waals surface area contributed by atoms with Gasteiger partial charge >= 0.3 is 5.97 Å². The highest BCUT2D eigenvalue weighted by molar-refractivity contribution is 7.12. The molecule has 1 heterocycles. The molecule has 0 aliphatic rings. The predicted molar refractivity (Wildman–Crippen MR) is 80.8 cm³/mol. The fraction of sp³-hybridized carbons (Fsp3) is 0.643. The maximum Gasteiger partial charge on any atom is 0.335 e. The minimum atomic E-state index is -2.09. The van der Waals surface area contributed by atoms with Crippen molar-refractivity contribution in [2.24, 2.45) is 0 Å². The van der Waals surface area contributed by atoms with Gasteiger partial charge in [0.25, 0.3) is 8.32 Å². The van der Waals surface area contributed by atoms with Crippen molar-refractivity contribution in [3.8, 4) is 0 Å². The van der Waals surface area contributed by atoms with Crippen LogP contribution in [0.15, 0.2) is 17.5 Å². The number of rotatable bonds is 5.